The predicted molar refractivity (Wildman–Crippen MR) is 89.4 cm³/mol. The van der Waals surface area contributed by atoms with Gasteiger partial charge in [-0.2, -0.15) is 0 Å². The molecule has 1 fully saturated rings. The number of rotatable bonds is 7. The number of hydrogen-bond acceptors (Lipinski definition) is 5. The van der Waals surface area contributed by atoms with Gasteiger partial charge >= 0.3 is 0 Å². The number of methoxy groups -OCH3 is 1. The van der Waals surface area contributed by atoms with Crippen molar-refractivity contribution >= 4 is 18.2 Å². The number of ether oxygens (including phenoxy) is 1. The van der Waals surface area contributed by atoms with Gasteiger partial charge in [0.1, 0.15) is 5.82 Å². The number of nitrogens with one attached hydrogen (secondary N) is 1. The van der Waals surface area contributed by atoms with Gasteiger partial charge in [-0.05, 0) is 25.1 Å². The van der Waals surface area contributed by atoms with E-state index in [-0.39, 0.29) is 12.4 Å². The zero-order valence-electron chi connectivity index (χ0n) is 13.2. The zero-order chi connectivity index (χ0) is 14.4. The van der Waals surface area contributed by atoms with E-state index in [9.17, 15) is 0 Å². The Balaban J connectivity index is 0.00000220. The lowest BCUT2D eigenvalue weighted by atomic mass is 10.2. The number of nitrogens with zero attached hydrogens (tertiary/aromatic N) is 3. The molecule has 0 spiro atoms. The van der Waals surface area contributed by atoms with E-state index in [4.69, 9.17) is 4.74 Å². The maximum atomic E-state index is 5.08. The molecule has 2 heterocycles. The van der Waals surface area contributed by atoms with Gasteiger partial charge in [0.15, 0.2) is 0 Å². The molecule has 21 heavy (non-hydrogen) atoms. The quantitative estimate of drug-likeness (QED) is 0.823. The van der Waals surface area contributed by atoms with Crippen LogP contribution in [0.1, 0.15) is 12.0 Å². The molecule has 1 atom stereocenters. The Hall–Kier alpha value is -0.880. The van der Waals surface area contributed by atoms with E-state index in [0.717, 1.165) is 32.1 Å². The van der Waals surface area contributed by atoms with Crippen LogP contribution in [0.2, 0.25) is 0 Å². The molecule has 5 nitrogen and oxygen atoms in total. The average Bonchev–Trinajstić information content (AvgIpc) is 2.93. The zero-order valence-corrected chi connectivity index (χ0v) is 14.0. The lowest BCUT2D eigenvalue weighted by Gasteiger charge is -2.19. The van der Waals surface area contributed by atoms with Crippen molar-refractivity contribution in [2.75, 3.05) is 52.3 Å². The second kappa shape index (κ2) is 9.20. The first-order chi connectivity index (χ1) is 9.72. The van der Waals surface area contributed by atoms with E-state index in [2.05, 4.69) is 32.2 Å². The van der Waals surface area contributed by atoms with Gasteiger partial charge in [-0.25, -0.2) is 4.98 Å². The van der Waals surface area contributed by atoms with Crippen LogP contribution in [0.5, 0.6) is 0 Å². The van der Waals surface area contributed by atoms with Crippen LogP contribution in [-0.2, 0) is 11.3 Å². The van der Waals surface area contributed by atoms with Crippen molar-refractivity contribution in [3.63, 3.8) is 0 Å². The summed E-state index contributed by atoms with van der Waals surface area (Å²) in [6.07, 6.45) is 3.23. The van der Waals surface area contributed by atoms with Crippen molar-refractivity contribution in [3.05, 3.63) is 23.9 Å². The van der Waals surface area contributed by atoms with E-state index in [1.54, 1.807) is 7.11 Å². The molecule has 2 rings (SSSR count). The molecule has 0 saturated carbocycles. The molecule has 120 valence electrons. The van der Waals surface area contributed by atoms with Crippen molar-refractivity contribution in [1.29, 1.82) is 0 Å². The monoisotopic (exact) mass is 314 g/mol. The minimum Gasteiger partial charge on any atom is -0.383 e. The Morgan fingerprint density at radius 1 is 1.48 bits per heavy atom. The molecule has 1 unspecified atom stereocenters. The Morgan fingerprint density at radius 2 is 2.29 bits per heavy atom. The van der Waals surface area contributed by atoms with Gasteiger partial charge in [0.05, 0.1) is 6.61 Å². The third kappa shape index (κ3) is 5.43. The lowest BCUT2D eigenvalue weighted by Crippen LogP contribution is -2.29. The van der Waals surface area contributed by atoms with Crippen LogP contribution in [0.25, 0.3) is 0 Å². The van der Waals surface area contributed by atoms with Crippen LogP contribution in [0.3, 0.4) is 0 Å². The smallest absolute Gasteiger partial charge is 0.128 e. The minimum atomic E-state index is 0. The predicted octanol–water partition coefficient (Wildman–Crippen LogP) is 1.38. The summed E-state index contributed by atoms with van der Waals surface area (Å²) in [7, 11) is 5.80. The molecule has 1 aromatic heterocycles. The first-order valence-electron chi connectivity index (χ1n) is 7.27. The Kier molecular flexibility index (Phi) is 7.96. The number of hydrogen-bond donors (Lipinski definition) is 1. The highest BCUT2D eigenvalue weighted by molar-refractivity contribution is 5.85. The number of aromatic nitrogens is 1. The summed E-state index contributed by atoms with van der Waals surface area (Å²) in [6, 6.07) is 4.91. The molecule has 0 radical (unpaired) electrons. The maximum absolute atomic E-state index is 5.08. The topological polar surface area (TPSA) is 40.6 Å². The Morgan fingerprint density at radius 3 is 2.86 bits per heavy atom. The normalized spacial score (nSPS) is 18.5. The van der Waals surface area contributed by atoms with Crippen molar-refractivity contribution in [2.45, 2.75) is 19.0 Å². The van der Waals surface area contributed by atoms with Crippen LogP contribution in [0, 0.1) is 0 Å². The molecular formula is C15H27ClN4O. The molecule has 0 bridgehead atoms. The van der Waals surface area contributed by atoms with E-state index in [1.807, 2.05) is 20.3 Å². The molecular weight excluding hydrogens is 288 g/mol. The number of pyridine rings is 1. The third-order valence-corrected chi connectivity index (χ3v) is 3.92. The van der Waals surface area contributed by atoms with Gasteiger partial charge in [0.25, 0.3) is 0 Å². The molecule has 1 aliphatic heterocycles. The fourth-order valence-corrected chi connectivity index (χ4v) is 2.55. The summed E-state index contributed by atoms with van der Waals surface area (Å²) in [6.45, 7) is 4.87. The highest BCUT2D eigenvalue weighted by atomic mass is 35.5. The molecule has 1 N–H and O–H groups in total. The summed E-state index contributed by atoms with van der Waals surface area (Å²) in [4.78, 5) is 9.13. The van der Waals surface area contributed by atoms with Gasteiger partial charge in [0, 0.05) is 52.6 Å². The third-order valence-electron chi connectivity index (χ3n) is 3.92. The Bertz CT molecular complexity index is 401. The SMILES string of the molecule is CNC1CCN(Cc2ccc(N(C)CCOC)nc2)C1.Cl. The highest BCUT2D eigenvalue weighted by Gasteiger charge is 2.20. The van der Waals surface area contributed by atoms with Crippen LogP contribution in [-0.4, -0.2) is 63.4 Å². The first kappa shape index (κ1) is 18.2. The van der Waals surface area contributed by atoms with Gasteiger partial charge in [-0.15, -0.1) is 12.4 Å². The largest absolute Gasteiger partial charge is 0.383 e. The number of halogens is 1. The second-order valence-electron chi connectivity index (χ2n) is 5.45. The highest BCUT2D eigenvalue weighted by Crippen LogP contribution is 2.15. The van der Waals surface area contributed by atoms with Gasteiger partial charge in [-0.1, -0.05) is 6.07 Å². The van der Waals surface area contributed by atoms with Crippen LogP contribution in [0.15, 0.2) is 18.3 Å². The second-order valence-corrected chi connectivity index (χ2v) is 5.45. The van der Waals surface area contributed by atoms with Gasteiger partial charge in [0.2, 0.25) is 0 Å². The van der Waals surface area contributed by atoms with Crippen LogP contribution >= 0.6 is 12.4 Å². The lowest BCUT2D eigenvalue weighted by molar-refractivity contribution is 0.206. The van der Waals surface area contributed by atoms with E-state index in [1.165, 1.54) is 18.5 Å². The van der Waals surface area contributed by atoms with Crippen molar-refractivity contribution < 1.29 is 4.74 Å². The van der Waals surface area contributed by atoms with E-state index >= 15 is 0 Å². The standard InChI is InChI=1S/C15H26N4O.ClH/c1-16-14-6-7-19(12-14)11-13-4-5-15(17-10-13)18(2)8-9-20-3;/h4-5,10,14,16H,6-9,11-12H2,1-3H3;1H. The summed E-state index contributed by atoms with van der Waals surface area (Å²) in [5.74, 6) is 1.00. The van der Waals surface area contributed by atoms with Gasteiger partial charge in [-0.3, -0.25) is 4.90 Å². The molecule has 1 saturated heterocycles. The molecule has 0 aliphatic carbocycles. The molecule has 1 aromatic rings. The first-order valence-corrected chi connectivity index (χ1v) is 7.27. The minimum absolute atomic E-state index is 0. The van der Waals surface area contributed by atoms with Crippen molar-refractivity contribution in [2.24, 2.45) is 0 Å². The fourth-order valence-electron chi connectivity index (χ4n) is 2.55. The average molecular weight is 315 g/mol. The maximum Gasteiger partial charge on any atom is 0.128 e. The number of anilines is 1. The molecule has 0 aromatic carbocycles. The van der Waals surface area contributed by atoms with Crippen molar-refractivity contribution in [1.82, 2.24) is 15.2 Å². The summed E-state index contributed by atoms with van der Waals surface area (Å²) in [5.41, 5.74) is 1.28. The molecule has 1 aliphatic rings. The van der Waals surface area contributed by atoms with Crippen molar-refractivity contribution in [3.8, 4) is 0 Å². The summed E-state index contributed by atoms with van der Waals surface area (Å²) < 4.78 is 5.08. The fraction of sp³-hybridized carbons (Fsp3) is 0.667. The van der Waals surface area contributed by atoms with E-state index in [0.29, 0.717) is 6.04 Å². The number of likely N-dealkylation sites (tertiary alicyclic amines) is 1. The Labute approximate surface area is 134 Å². The molecule has 6 heteroatoms. The van der Waals surface area contributed by atoms with Crippen LogP contribution in [0.4, 0.5) is 5.82 Å². The summed E-state index contributed by atoms with van der Waals surface area (Å²) >= 11 is 0. The summed E-state index contributed by atoms with van der Waals surface area (Å²) in [5, 5.41) is 3.35. The van der Waals surface area contributed by atoms with E-state index < -0.39 is 0 Å². The van der Waals surface area contributed by atoms with Crippen LogP contribution < -0.4 is 10.2 Å². The van der Waals surface area contributed by atoms with Gasteiger partial charge < -0.3 is 15.0 Å². The number of likely N-dealkylation sites (N-methyl/N-ethyl adjacent to an activating group) is 2. The molecule has 0 amide bonds.